The number of nitrogens with zero attached hydrogens (tertiary/aromatic N) is 3. The van der Waals surface area contributed by atoms with E-state index in [9.17, 15) is 4.79 Å². The SMILES string of the molecule is Cc1nn(C)c2ncc(NC(=O)C3CSCN3)cc12. The number of nitrogens with one attached hydrogen (secondary N) is 2. The van der Waals surface area contributed by atoms with Gasteiger partial charge in [0.2, 0.25) is 5.91 Å². The van der Waals surface area contributed by atoms with Gasteiger partial charge in [-0.25, -0.2) is 4.98 Å². The van der Waals surface area contributed by atoms with Gasteiger partial charge in [-0.3, -0.25) is 14.8 Å². The molecule has 2 aromatic heterocycles. The molecule has 100 valence electrons. The number of anilines is 1. The summed E-state index contributed by atoms with van der Waals surface area (Å²) in [6.45, 7) is 1.94. The molecule has 1 aliphatic heterocycles. The van der Waals surface area contributed by atoms with Crippen molar-refractivity contribution in [3.05, 3.63) is 18.0 Å². The second-order valence-corrected chi connectivity index (χ2v) is 5.60. The van der Waals surface area contributed by atoms with Gasteiger partial charge in [-0.05, 0) is 13.0 Å². The molecule has 1 aliphatic rings. The average molecular weight is 277 g/mol. The van der Waals surface area contributed by atoms with Crippen molar-refractivity contribution in [2.75, 3.05) is 16.9 Å². The van der Waals surface area contributed by atoms with Gasteiger partial charge in [-0.1, -0.05) is 0 Å². The van der Waals surface area contributed by atoms with Crippen LogP contribution in [0.1, 0.15) is 5.69 Å². The maximum absolute atomic E-state index is 12.0. The summed E-state index contributed by atoms with van der Waals surface area (Å²) in [6.07, 6.45) is 1.67. The summed E-state index contributed by atoms with van der Waals surface area (Å²) in [7, 11) is 1.86. The molecule has 0 aliphatic carbocycles. The first-order chi connectivity index (χ1) is 9.15. The third-order valence-electron chi connectivity index (χ3n) is 3.16. The molecule has 3 rings (SSSR count). The van der Waals surface area contributed by atoms with E-state index in [4.69, 9.17) is 0 Å². The molecule has 1 atom stereocenters. The zero-order valence-electron chi connectivity index (χ0n) is 10.8. The summed E-state index contributed by atoms with van der Waals surface area (Å²) >= 11 is 1.73. The Morgan fingerprint density at radius 1 is 1.63 bits per heavy atom. The van der Waals surface area contributed by atoms with Crippen LogP contribution in [-0.4, -0.2) is 38.3 Å². The van der Waals surface area contributed by atoms with E-state index in [1.165, 1.54) is 0 Å². The first-order valence-corrected chi connectivity index (χ1v) is 7.22. The molecule has 0 radical (unpaired) electrons. The van der Waals surface area contributed by atoms with E-state index >= 15 is 0 Å². The fraction of sp³-hybridized carbons (Fsp3) is 0.417. The maximum atomic E-state index is 12.0. The number of aromatic nitrogens is 3. The van der Waals surface area contributed by atoms with Gasteiger partial charge in [0.25, 0.3) is 0 Å². The first kappa shape index (κ1) is 12.4. The molecule has 1 amide bonds. The van der Waals surface area contributed by atoms with Crippen molar-refractivity contribution in [3.8, 4) is 0 Å². The Hall–Kier alpha value is -1.60. The van der Waals surface area contributed by atoms with Crippen LogP contribution in [-0.2, 0) is 11.8 Å². The number of fused-ring (bicyclic) bond motifs is 1. The molecule has 3 heterocycles. The van der Waals surface area contributed by atoms with E-state index < -0.39 is 0 Å². The lowest BCUT2D eigenvalue weighted by Gasteiger charge is -2.10. The highest BCUT2D eigenvalue weighted by Crippen LogP contribution is 2.20. The molecule has 0 spiro atoms. The summed E-state index contributed by atoms with van der Waals surface area (Å²) in [6, 6.07) is 1.81. The number of thioether (sulfide) groups is 1. The largest absolute Gasteiger partial charge is 0.323 e. The Morgan fingerprint density at radius 3 is 3.21 bits per heavy atom. The highest BCUT2D eigenvalue weighted by Gasteiger charge is 2.22. The van der Waals surface area contributed by atoms with Gasteiger partial charge in [-0.2, -0.15) is 5.10 Å². The Labute approximate surface area is 115 Å². The standard InChI is InChI=1S/C12H15N5OS/c1-7-9-3-8(4-13-11(9)17(2)16-7)15-12(18)10-5-19-6-14-10/h3-4,10,14H,5-6H2,1-2H3,(H,15,18). The summed E-state index contributed by atoms with van der Waals surface area (Å²) < 4.78 is 1.74. The molecule has 0 aromatic carbocycles. The predicted octanol–water partition coefficient (Wildman–Crippen LogP) is 0.878. The van der Waals surface area contributed by atoms with E-state index in [0.717, 1.165) is 28.4 Å². The van der Waals surface area contributed by atoms with Crippen molar-refractivity contribution in [2.24, 2.45) is 7.05 Å². The second-order valence-electron chi connectivity index (χ2n) is 4.57. The normalized spacial score (nSPS) is 18.9. The number of amides is 1. The number of hydrogen-bond acceptors (Lipinski definition) is 5. The molecule has 0 bridgehead atoms. The van der Waals surface area contributed by atoms with Crippen LogP contribution < -0.4 is 10.6 Å². The lowest BCUT2D eigenvalue weighted by atomic mass is 10.2. The van der Waals surface area contributed by atoms with Crippen LogP contribution in [0.4, 0.5) is 5.69 Å². The topological polar surface area (TPSA) is 71.8 Å². The van der Waals surface area contributed by atoms with Gasteiger partial charge in [0, 0.05) is 24.1 Å². The number of carbonyl (C=O) groups is 1. The molecular weight excluding hydrogens is 262 g/mol. The molecule has 2 N–H and O–H groups in total. The van der Waals surface area contributed by atoms with Gasteiger partial charge < -0.3 is 5.32 Å². The molecule has 1 unspecified atom stereocenters. The highest BCUT2D eigenvalue weighted by atomic mass is 32.2. The molecular formula is C12H15N5OS. The van der Waals surface area contributed by atoms with Gasteiger partial charge >= 0.3 is 0 Å². The van der Waals surface area contributed by atoms with Crippen molar-refractivity contribution < 1.29 is 4.79 Å². The number of aryl methyl sites for hydroxylation is 2. The van der Waals surface area contributed by atoms with Crippen LogP contribution >= 0.6 is 11.8 Å². The lowest BCUT2D eigenvalue weighted by molar-refractivity contribution is -0.117. The fourth-order valence-corrected chi connectivity index (χ4v) is 3.11. The predicted molar refractivity (Wildman–Crippen MR) is 76.1 cm³/mol. The smallest absolute Gasteiger partial charge is 0.242 e. The highest BCUT2D eigenvalue weighted by molar-refractivity contribution is 7.99. The van der Waals surface area contributed by atoms with E-state index in [-0.39, 0.29) is 11.9 Å². The zero-order valence-corrected chi connectivity index (χ0v) is 11.6. The van der Waals surface area contributed by atoms with Crippen molar-refractivity contribution >= 4 is 34.4 Å². The number of hydrogen-bond donors (Lipinski definition) is 2. The van der Waals surface area contributed by atoms with E-state index in [2.05, 4.69) is 20.7 Å². The van der Waals surface area contributed by atoms with Gasteiger partial charge in [0.15, 0.2) is 5.65 Å². The van der Waals surface area contributed by atoms with Crippen molar-refractivity contribution in [2.45, 2.75) is 13.0 Å². The third-order valence-corrected chi connectivity index (χ3v) is 4.10. The third kappa shape index (κ3) is 2.31. The van der Waals surface area contributed by atoms with Crippen LogP contribution in [0.3, 0.4) is 0 Å². The van der Waals surface area contributed by atoms with Crippen LogP contribution in [0.25, 0.3) is 11.0 Å². The Morgan fingerprint density at radius 2 is 2.47 bits per heavy atom. The minimum Gasteiger partial charge on any atom is -0.323 e. The minimum absolute atomic E-state index is 0.00677. The van der Waals surface area contributed by atoms with Gasteiger partial charge in [0.1, 0.15) is 0 Å². The van der Waals surface area contributed by atoms with Gasteiger partial charge in [0.05, 0.1) is 23.6 Å². The Balaban J connectivity index is 1.85. The first-order valence-electron chi connectivity index (χ1n) is 6.06. The Bertz CT molecular complexity index is 632. The monoisotopic (exact) mass is 277 g/mol. The molecule has 7 heteroatoms. The van der Waals surface area contributed by atoms with Crippen LogP contribution in [0.5, 0.6) is 0 Å². The molecule has 0 saturated carbocycles. The second kappa shape index (κ2) is 4.82. The number of pyridine rings is 1. The van der Waals surface area contributed by atoms with E-state index in [1.807, 2.05) is 20.0 Å². The number of carbonyl (C=O) groups excluding carboxylic acids is 1. The van der Waals surface area contributed by atoms with Crippen molar-refractivity contribution in [1.29, 1.82) is 0 Å². The Kier molecular flexibility index (Phi) is 3.16. The summed E-state index contributed by atoms with van der Waals surface area (Å²) in [4.78, 5) is 16.3. The minimum atomic E-state index is -0.115. The van der Waals surface area contributed by atoms with Gasteiger partial charge in [-0.15, -0.1) is 11.8 Å². The average Bonchev–Trinajstić information content (AvgIpc) is 2.99. The fourth-order valence-electron chi connectivity index (χ4n) is 2.17. The summed E-state index contributed by atoms with van der Waals surface area (Å²) in [5.41, 5.74) is 2.45. The molecule has 1 fully saturated rings. The van der Waals surface area contributed by atoms with E-state index in [0.29, 0.717) is 5.69 Å². The lowest BCUT2D eigenvalue weighted by Crippen LogP contribution is -2.37. The quantitative estimate of drug-likeness (QED) is 0.852. The van der Waals surface area contributed by atoms with Crippen molar-refractivity contribution in [1.82, 2.24) is 20.1 Å². The van der Waals surface area contributed by atoms with Crippen LogP contribution in [0.2, 0.25) is 0 Å². The molecule has 6 nitrogen and oxygen atoms in total. The molecule has 19 heavy (non-hydrogen) atoms. The summed E-state index contributed by atoms with van der Waals surface area (Å²) in [5, 5.41) is 11.3. The molecule has 2 aromatic rings. The van der Waals surface area contributed by atoms with Crippen LogP contribution in [0, 0.1) is 6.92 Å². The summed E-state index contributed by atoms with van der Waals surface area (Å²) in [5.74, 6) is 1.64. The van der Waals surface area contributed by atoms with E-state index in [1.54, 1.807) is 22.6 Å². The molecule has 1 saturated heterocycles. The van der Waals surface area contributed by atoms with Crippen molar-refractivity contribution in [3.63, 3.8) is 0 Å². The van der Waals surface area contributed by atoms with Crippen LogP contribution in [0.15, 0.2) is 12.3 Å². The number of rotatable bonds is 2. The zero-order chi connectivity index (χ0) is 13.4. The maximum Gasteiger partial charge on any atom is 0.242 e.